The normalized spacial score (nSPS) is 20.1. The van der Waals surface area contributed by atoms with Crippen molar-refractivity contribution in [3.05, 3.63) is 71.2 Å². The SMILES string of the molecule is CSC1=[NH+]C(C)(C)CC2=C1C(c1ccc(F)cc1)Nc1ccccc1N2.[I-]. The van der Waals surface area contributed by atoms with Gasteiger partial charge in [0.05, 0.1) is 29.4 Å². The van der Waals surface area contributed by atoms with Crippen LogP contribution < -0.4 is 39.6 Å². The third-order valence-electron chi connectivity index (χ3n) is 4.85. The van der Waals surface area contributed by atoms with Crippen LogP contribution in [0.4, 0.5) is 15.8 Å². The van der Waals surface area contributed by atoms with Gasteiger partial charge in [-0.1, -0.05) is 36.0 Å². The maximum absolute atomic E-state index is 13.5. The number of fused-ring (bicyclic) bond motifs is 1. The third-order valence-corrected chi connectivity index (χ3v) is 5.58. The lowest BCUT2D eigenvalue weighted by Gasteiger charge is -2.28. The van der Waals surface area contributed by atoms with Crippen LogP contribution in [0.3, 0.4) is 0 Å². The molecule has 3 nitrogen and oxygen atoms in total. The molecule has 6 heteroatoms. The van der Waals surface area contributed by atoms with Crippen LogP contribution in [0.2, 0.25) is 0 Å². The summed E-state index contributed by atoms with van der Waals surface area (Å²) in [7, 11) is 0. The Bertz CT molecular complexity index is 906. The van der Waals surface area contributed by atoms with Gasteiger partial charge in [0.15, 0.2) is 5.54 Å². The Labute approximate surface area is 180 Å². The van der Waals surface area contributed by atoms with Crippen LogP contribution in [0.15, 0.2) is 59.8 Å². The molecule has 0 spiro atoms. The highest BCUT2D eigenvalue weighted by Crippen LogP contribution is 2.40. The second-order valence-corrected chi connectivity index (χ2v) is 8.23. The molecule has 2 aromatic rings. The Morgan fingerprint density at radius 3 is 2.41 bits per heavy atom. The molecule has 27 heavy (non-hydrogen) atoms. The minimum atomic E-state index is -0.216. The minimum Gasteiger partial charge on any atom is -1.00 e. The lowest BCUT2D eigenvalue weighted by Crippen LogP contribution is -3.00. The van der Waals surface area contributed by atoms with Crippen LogP contribution in [0.1, 0.15) is 31.9 Å². The Balaban J connectivity index is 0.00000210. The van der Waals surface area contributed by atoms with E-state index in [2.05, 4.69) is 47.9 Å². The van der Waals surface area contributed by atoms with Crippen molar-refractivity contribution in [3.8, 4) is 0 Å². The van der Waals surface area contributed by atoms with E-state index in [4.69, 9.17) is 0 Å². The molecule has 2 aromatic carbocycles. The lowest BCUT2D eigenvalue weighted by molar-refractivity contribution is -0.542. The summed E-state index contributed by atoms with van der Waals surface area (Å²) >= 11 is 1.72. The molecule has 0 aromatic heterocycles. The van der Waals surface area contributed by atoms with Crippen LogP contribution in [-0.4, -0.2) is 16.8 Å². The van der Waals surface area contributed by atoms with Gasteiger partial charge in [-0.3, -0.25) is 0 Å². The summed E-state index contributed by atoms with van der Waals surface area (Å²) in [6, 6.07) is 15.0. The van der Waals surface area contributed by atoms with E-state index in [0.717, 1.165) is 28.4 Å². The van der Waals surface area contributed by atoms with Gasteiger partial charge < -0.3 is 34.6 Å². The number of anilines is 2. The van der Waals surface area contributed by atoms with Crippen LogP contribution in [0.25, 0.3) is 0 Å². The van der Waals surface area contributed by atoms with E-state index in [1.807, 2.05) is 24.3 Å². The first-order chi connectivity index (χ1) is 12.5. The largest absolute Gasteiger partial charge is 1.00 e. The molecule has 3 N–H and O–H groups in total. The second-order valence-electron chi connectivity index (χ2n) is 7.41. The molecular formula is C21H23FIN3S. The third kappa shape index (κ3) is 4.01. The summed E-state index contributed by atoms with van der Waals surface area (Å²) in [4.78, 5) is 3.67. The van der Waals surface area contributed by atoms with Crippen molar-refractivity contribution >= 4 is 28.2 Å². The Morgan fingerprint density at radius 2 is 1.74 bits per heavy atom. The van der Waals surface area contributed by atoms with Crippen LogP contribution in [0, 0.1) is 5.82 Å². The Kier molecular flexibility index (Phi) is 5.86. The standard InChI is InChI=1S/C21H22FN3S.HI/c1-21(2)12-17-18(20(25-21)26-3)19(13-8-10-14(22)11-9-13)24-16-7-5-4-6-15(16)23-17;/h4-11,19,23-24H,12H2,1-3H3;1H. The van der Waals surface area contributed by atoms with E-state index in [1.54, 1.807) is 11.8 Å². The van der Waals surface area contributed by atoms with Gasteiger partial charge in [-0.05, 0) is 36.1 Å². The summed E-state index contributed by atoms with van der Waals surface area (Å²) in [5.74, 6) is -0.216. The first-order valence-corrected chi connectivity index (χ1v) is 10.00. The van der Waals surface area contributed by atoms with Gasteiger partial charge in [0.1, 0.15) is 5.82 Å². The van der Waals surface area contributed by atoms with Gasteiger partial charge in [0.25, 0.3) is 0 Å². The summed E-state index contributed by atoms with van der Waals surface area (Å²) in [6.07, 6.45) is 2.98. The molecular weight excluding hydrogens is 472 g/mol. The molecule has 2 aliphatic rings. The minimum absolute atomic E-state index is 0. The molecule has 142 valence electrons. The number of benzene rings is 2. The monoisotopic (exact) mass is 495 g/mol. The van der Waals surface area contributed by atoms with E-state index in [-0.39, 0.29) is 41.4 Å². The van der Waals surface area contributed by atoms with Gasteiger partial charge in [0.2, 0.25) is 5.04 Å². The Hall–Kier alpha value is -1.54. The average molecular weight is 495 g/mol. The summed E-state index contributed by atoms with van der Waals surface area (Å²) in [6.45, 7) is 4.43. The number of thioether (sulfide) groups is 1. The van der Waals surface area contributed by atoms with Gasteiger partial charge in [0, 0.05) is 19.5 Å². The van der Waals surface area contributed by atoms with Crippen molar-refractivity contribution in [3.63, 3.8) is 0 Å². The van der Waals surface area contributed by atoms with E-state index < -0.39 is 0 Å². The summed E-state index contributed by atoms with van der Waals surface area (Å²) in [5, 5.41) is 8.48. The zero-order valence-electron chi connectivity index (χ0n) is 15.6. The number of rotatable bonds is 1. The van der Waals surface area contributed by atoms with Gasteiger partial charge in [-0.2, -0.15) is 0 Å². The second kappa shape index (κ2) is 7.83. The molecule has 0 radical (unpaired) electrons. The van der Waals surface area contributed by atoms with Crippen molar-refractivity contribution < 1.29 is 33.4 Å². The topological polar surface area (TPSA) is 38.0 Å². The number of hydrogen-bond acceptors (Lipinski definition) is 3. The molecule has 2 heterocycles. The summed E-state index contributed by atoms with van der Waals surface area (Å²) < 4.78 is 13.5. The van der Waals surface area contributed by atoms with E-state index >= 15 is 0 Å². The van der Waals surface area contributed by atoms with Gasteiger partial charge in [-0.25, -0.2) is 9.38 Å². The van der Waals surface area contributed by atoms with Crippen molar-refractivity contribution in [2.24, 2.45) is 0 Å². The highest BCUT2D eigenvalue weighted by atomic mass is 127. The lowest BCUT2D eigenvalue weighted by atomic mass is 9.89. The summed E-state index contributed by atoms with van der Waals surface area (Å²) in [5.41, 5.74) is 5.56. The fraction of sp³-hybridized carbons (Fsp3) is 0.286. The van der Waals surface area contributed by atoms with Crippen LogP contribution in [-0.2, 0) is 0 Å². The number of para-hydroxylation sites is 2. The van der Waals surface area contributed by atoms with E-state index in [0.29, 0.717) is 0 Å². The van der Waals surface area contributed by atoms with Crippen molar-refractivity contribution in [2.75, 3.05) is 16.9 Å². The molecule has 0 saturated carbocycles. The fourth-order valence-corrected chi connectivity index (χ4v) is 4.52. The highest BCUT2D eigenvalue weighted by molar-refractivity contribution is 8.13. The molecule has 0 aliphatic carbocycles. The molecule has 1 unspecified atom stereocenters. The maximum Gasteiger partial charge on any atom is 0.240 e. The van der Waals surface area contributed by atoms with E-state index in [1.165, 1.54) is 23.4 Å². The zero-order valence-corrected chi connectivity index (χ0v) is 18.5. The van der Waals surface area contributed by atoms with Crippen molar-refractivity contribution in [1.29, 1.82) is 0 Å². The molecule has 2 aliphatic heterocycles. The number of nitrogens with one attached hydrogen (secondary N) is 3. The maximum atomic E-state index is 13.5. The Morgan fingerprint density at radius 1 is 1.07 bits per heavy atom. The van der Waals surface area contributed by atoms with Crippen LogP contribution in [0.5, 0.6) is 0 Å². The predicted molar refractivity (Wildman–Crippen MR) is 108 cm³/mol. The quantitative estimate of drug-likeness (QED) is 0.510. The molecule has 1 atom stereocenters. The molecule has 4 rings (SSSR count). The zero-order chi connectivity index (χ0) is 18.3. The van der Waals surface area contributed by atoms with Crippen molar-refractivity contribution in [2.45, 2.75) is 31.8 Å². The molecule has 0 saturated heterocycles. The van der Waals surface area contributed by atoms with Crippen molar-refractivity contribution in [1.82, 2.24) is 0 Å². The fourth-order valence-electron chi connectivity index (χ4n) is 3.68. The first kappa shape index (κ1) is 20.2. The van der Waals surface area contributed by atoms with Gasteiger partial charge >= 0.3 is 0 Å². The predicted octanol–water partition coefficient (Wildman–Crippen LogP) is 0.687. The molecule has 0 amide bonds. The van der Waals surface area contributed by atoms with Crippen LogP contribution >= 0.6 is 11.8 Å². The highest BCUT2D eigenvalue weighted by Gasteiger charge is 2.40. The first-order valence-electron chi connectivity index (χ1n) is 8.77. The number of halogens is 2. The molecule has 0 bridgehead atoms. The average Bonchev–Trinajstić information content (AvgIpc) is 2.77. The smallest absolute Gasteiger partial charge is 0.240 e. The molecule has 0 fully saturated rings. The van der Waals surface area contributed by atoms with Gasteiger partial charge in [-0.15, -0.1) is 0 Å². The number of hydrogen-bond donors (Lipinski definition) is 3. The van der Waals surface area contributed by atoms with E-state index in [9.17, 15) is 4.39 Å².